The predicted octanol–water partition coefficient (Wildman–Crippen LogP) is 2.04. The van der Waals surface area contributed by atoms with Crippen LogP contribution in [0.3, 0.4) is 0 Å². The number of sulfone groups is 1. The molecule has 5 heteroatoms. The van der Waals surface area contributed by atoms with E-state index >= 15 is 0 Å². The second-order valence-corrected chi connectivity index (χ2v) is 7.60. The van der Waals surface area contributed by atoms with E-state index in [1.807, 2.05) is 11.0 Å². The van der Waals surface area contributed by atoms with Gasteiger partial charge >= 0.3 is 0 Å². The van der Waals surface area contributed by atoms with E-state index in [2.05, 4.69) is 0 Å². The zero-order chi connectivity index (χ0) is 14.0. The molecular formula is C14H19NO3S. The first kappa shape index (κ1) is 14.1. The van der Waals surface area contributed by atoms with Crippen LogP contribution in [-0.4, -0.2) is 32.5 Å². The van der Waals surface area contributed by atoms with Crippen LogP contribution in [0, 0.1) is 0 Å². The molecular weight excluding hydrogens is 262 g/mol. The van der Waals surface area contributed by atoms with Crippen LogP contribution in [0.15, 0.2) is 29.2 Å². The second kappa shape index (κ2) is 5.33. The minimum absolute atomic E-state index is 0.169. The van der Waals surface area contributed by atoms with E-state index in [0.29, 0.717) is 23.5 Å². The Labute approximate surface area is 114 Å². The van der Waals surface area contributed by atoms with Crippen LogP contribution in [0.4, 0.5) is 5.69 Å². The number of anilines is 1. The maximum absolute atomic E-state index is 12.4. The Balaban J connectivity index is 2.44. The maximum atomic E-state index is 12.4. The second-order valence-electron chi connectivity index (χ2n) is 5.13. The summed E-state index contributed by atoms with van der Waals surface area (Å²) in [6, 6.07) is 6.95. The molecule has 4 nitrogen and oxygen atoms in total. The zero-order valence-electron chi connectivity index (χ0n) is 11.3. The lowest BCUT2D eigenvalue weighted by Crippen LogP contribution is -2.36. The Kier molecular flexibility index (Phi) is 3.94. The zero-order valence-corrected chi connectivity index (χ0v) is 12.1. The van der Waals surface area contributed by atoms with E-state index < -0.39 is 15.1 Å². The van der Waals surface area contributed by atoms with Crippen molar-refractivity contribution in [1.29, 1.82) is 0 Å². The summed E-state index contributed by atoms with van der Waals surface area (Å²) in [6.45, 7) is 4.39. The highest BCUT2D eigenvalue weighted by Crippen LogP contribution is 2.29. The molecule has 0 unspecified atom stereocenters. The van der Waals surface area contributed by atoms with Crippen LogP contribution >= 0.6 is 0 Å². The Morgan fingerprint density at radius 1 is 1.21 bits per heavy atom. The quantitative estimate of drug-likeness (QED) is 0.850. The van der Waals surface area contributed by atoms with Gasteiger partial charge in [0.05, 0.1) is 22.4 Å². The number of Topliss-reactive ketones (excluding diaryl/α,β-unsaturated/α-hetero) is 1. The van der Waals surface area contributed by atoms with Crippen molar-refractivity contribution in [1.82, 2.24) is 0 Å². The molecule has 0 amide bonds. The molecule has 0 spiro atoms. The van der Waals surface area contributed by atoms with Crippen LogP contribution in [0.5, 0.6) is 0 Å². The first-order valence-electron chi connectivity index (χ1n) is 6.52. The van der Waals surface area contributed by atoms with Gasteiger partial charge in [0.1, 0.15) is 0 Å². The summed E-state index contributed by atoms with van der Waals surface area (Å²) in [4.78, 5) is 13.8. The Morgan fingerprint density at radius 2 is 1.89 bits per heavy atom. The van der Waals surface area contributed by atoms with Crippen molar-refractivity contribution in [2.45, 2.75) is 36.8 Å². The van der Waals surface area contributed by atoms with E-state index in [1.165, 1.54) is 0 Å². The lowest BCUT2D eigenvalue weighted by molar-refractivity contribution is -0.118. The van der Waals surface area contributed by atoms with Crippen molar-refractivity contribution >= 4 is 21.3 Å². The van der Waals surface area contributed by atoms with E-state index in [0.717, 1.165) is 13.0 Å². The van der Waals surface area contributed by atoms with Gasteiger partial charge in [0.2, 0.25) is 0 Å². The van der Waals surface area contributed by atoms with E-state index in [-0.39, 0.29) is 5.78 Å². The number of rotatable bonds is 3. The van der Waals surface area contributed by atoms with Crippen molar-refractivity contribution in [2.24, 2.45) is 0 Å². The van der Waals surface area contributed by atoms with Gasteiger partial charge in [0.15, 0.2) is 15.6 Å². The molecule has 0 radical (unpaired) electrons. The minimum Gasteiger partial charge on any atom is -0.363 e. The normalized spacial score (nSPS) is 17.0. The van der Waals surface area contributed by atoms with Gasteiger partial charge in [-0.25, -0.2) is 8.42 Å². The highest BCUT2D eigenvalue weighted by atomic mass is 32.2. The van der Waals surface area contributed by atoms with Crippen molar-refractivity contribution in [3.8, 4) is 0 Å². The van der Waals surface area contributed by atoms with Crippen molar-refractivity contribution in [3.05, 3.63) is 24.3 Å². The fourth-order valence-corrected chi connectivity index (χ4v) is 3.52. The molecule has 0 saturated carbocycles. The summed E-state index contributed by atoms with van der Waals surface area (Å²) < 4.78 is 24.7. The summed E-state index contributed by atoms with van der Waals surface area (Å²) in [6.07, 6.45) is 1.38. The number of nitrogens with zero attached hydrogens (tertiary/aromatic N) is 1. The summed E-state index contributed by atoms with van der Waals surface area (Å²) in [5.74, 6) is 0.169. The van der Waals surface area contributed by atoms with Gasteiger partial charge in [-0.05, 0) is 32.4 Å². The molecule has 1 aliphatic heterocycles. The fraction of sp³-hybridized carbons (Fsp3) is 0.500. The molecule has 1 fully saturated rings. The number of hydrogen-bond acceptors (Lipinski definition) is 4. The molecule has 1 aromatic carbocycles. The van der Waals surface area contributed by atoms with Gasteiger partial charge in [-0.15, -0.1) is 0 Å². The van der Waals surface area contributed by atoms with Crippen LogP contribution in [0.2, 0.25) is 0 Å². The molecule has 19 heavy (non-hydrogen) atoms. The number of hydrogen-bond donors (Lipinski definition) is 0. The number of ketones is 1. The number of para-hydroxylation sites is 1. The molecule has 1 saturated heterocycles. The van der Waals surface area contributed by atoms with Gasteiger partial charge in [-0.2, -0.15) is 0 Å². The molecule has 0 N–H and O–H groups in total. The Morgan fingerprint density at radius 3 is 2.53 bits per heavy atom. The van der Waals surface area contributed by atoms with Crippen molar-refractivity contribution in [3.63, 3.8) is 0 Å². The molecule has 0 bridgehead atoms. The van der Waals surface area contributed by atoms with Crippen LogP contribution in [-0.2, 0) is 14.6 Å². The van der Waals surface area contributed by atoms with Gasteiger partial charge in [-0.1, -0.05) is 12.1 Å². The van der Waals surface area contributed by atoms with E-state index in [1.54, 1.807) is 32.0 Å². The first-order chi connectivity index (χ1) is 8.93. The van der Waals surface area contributed by atoms with Gasteiger partial charge in [0, 0.05) is 13.0 Å². The number of carbonyl (C=O) groups is 1. The molecule has 1 aliphatic rings. The average molecular weight is 281 g/mol. The Hall–Kier alpha value is -1.36. The van der Waals surface area contributed by atoms with Crippen LogP contribution in [0.25, 0.3) is 0 Å². The monoisotopic (exact) mass is 281 g/mol. The largest absolute Gasteiger partial charge is 0.363 e. The topological polar surface area (TPSA) is 54.5 Å². The fourth-order valence-electron chi connectivity index (χ4n) is 2.26. The molecule has 0 aliphatic carbocycles. The van der Waals surface area contributed by atoms with Crippen LogP contribution in [0.1, 0.15) is 26.7 Å². The average Bonchev–Trinajstić information content (AvgIpc) is 2.38. The third-order valence-electron chi connectivity index (χ3n) is 3.38. The third kappa shape index (κ3) is 2.81. The highest BCUT2D eigenvalue weighted by Gasteiger charge is 2.26. The number of piperidine rings is 1. The smallest absolute Gasteiger partial charge is 0.182 e. The highest BCUT2D eigenvalue weighted by molar-refractivity contribution is 7.92. The molecule has 2 rings (SSSR count). The predicted molar refractivity (Wildman–Crippen MR) is 75.2 cm³/mol. The van der Waals surface area contributed by atoms with E-state index in [9.17, 15) is 13.2 Å². The standard InChI is InChI=1S/C14H19NO3S/c1-11(2)19(17,18)14-8-4-3-7-13(14)15-9-5-6-12(16)10-15/h3-4,7-8,11H,5-6,9-10H2,1-2H3. The lowest BCUT2D eigenvalue weighted by Gasteiger charge is -2.29. The Bertz CT molecular complexity index is 578. The summed E-state index contributed by atoms with van der Waals surface area (Å²) in [7, 11) is -3.33. The molecule has 0 aromatic heterocycles. The summed E-state index contributed by atoms with van der Waals surface area (Å²) >= 11 is 0. The molecule has 104 valence electrons. The van der Waals surface area contributed by atoms with E-state index in [4.69, 9.17) is 0 Å². The number of benzene rings is 1. The van der Waals surface area contributed by atoms with Crippen molar-refractivity contribution < 1.29 is 13.2 Å². The van der Waals surface area contributed by atoms with Gasteiger partial charge in [0.25, 0.3) is 0 Å². The minimum atomic E-state index is -3.33. The summed E-state index contributed by atoms with van der Waals surface area (Å²) in [5, 5.41) is -0.464. The first-order valence-corrected chi connectivity index (χ1v) is 8.07. The van der Waals surface area contributed by atoms with Gasteiger partial charge in [-0.3, -0.25) is 4.79 Å². The molecule has 1 heterocycles. The number of carbonyl (C=O) groups excluding carboxylic acids is 1. The van der Waals surface area contributed by atoms with Crippen molar-refractivity contribution in [2.75, 3.05) is 18.0 Å². The molecule has 0 atom stereocenters. The van der Waals surface area contributed by atoms with Gasteiger partial charge < -0.3 is 4.90 Å². The third-order valence-corrected chi connectivity index (χ3v) is 5.58. The van der Waals surface area contributed by atoms with Crippen LogP contribution < -0.4 is 4.90 Å². The lowest BCUT2D eigenvalue weighted by atomic mass is 10.1. The SMILES string of the molecule is CC(C)S(=O)(=O)c1ccccc1N1CCCC(=O)C1. The molecule has 1 aromatic rings. The summed E-state index contributed by atoms with van der Waals surface area (Å²) in [5.41, 5.74) is 0.657. The maximum Gasteiger partial charge on any atom is 0.182 e.